The first kappa shape index (κ1) is 27.8. The highest BCUT2D eigenvalue weighted by atomic mass is 32.2. The third-order valence-corrected chi connectivity index (χ3v) is 5.80. The fourth-order valence-electron chi connectivity index (χ4n) is 3.19. The van der Waals surface area contributed by atoms with E-state index in [1.807, 2.05) is 0 Å². The number of aliphatic hydroxyl groups excluding tert-OH is 8. The van der Waals surface area contributed by atoms with E-state index in [2.05, 4.69) is 4.18 Å². The second kappa shape index (κ2) is 10.8. The molecular weight excluding hydrogens is 478 g/mol. The number of carbonyl (C=O) groups is 1. The molecule has 0 unspecified atom stereocenters. The van der Waals surface area contributed by atoms with Crippen molar-refractivity contribution < 1.29 is 72.5 Å². The van der Waals surface area contributed by atoms with E-state index in [0.29, 0.717) is 0 Å². The lowest BCUT2D eigenvalue weighted by molar-refractivity contribution is -0.383. The second-order valence-electron chi connectivity index (χ2n) is 7.32. The Morgan fingerprint density at radius 1 is 1.00 bits per heavy atom. The molecule has 0 aliphatic carbocycles. The number of nitrogens with one attached hydrogen (secondary N) is 1. The van der Waals surface area contributed by atoms with Crippen molar-refractivity contribution in [3.05, 3.63) is 11.8 Å². The zero-order valence-electron chi connectivity index (χ0n) is 17.2. The Kier molecular flexibility index (Phi) is 9.12. The van der Waals surface area contributed by atoms with Crippen molar-refractivity contribution in [3.8, 4) is 0 Å². The first-order valence-electron chi connectivity index (χ1n) is 9.49. The number of ether oxygens (including phenoxy) is 3. The average Bonchev–Trinajstić information content (AvgIpc) is 2.97. The minimum absolute atomic E-state index is 0.0729. The summed E-state index contributed by atoms with van der Waals surface area (Å²) in [7, 11) is -3.85. The summed E-state index contributed by atoms with van der Waals surface area (Å²) in [6.07, 6.45) is -11.6. The normalized spacial score (nSPS) is 42.5. The third kappa shape index (κ3) is 6.15. The fraction of sp³-hybridized carbons (Fsp3) is 0.812. The van der Waals surface area contributed by atoms with Crippen LogP contribution in [0.3, 0.4) is 0 Å². The van der Waals surface area contributed by atoms with E-state index in [1.54, 1.807) is 4.72 Å². The predicted octanol–water partition coefficient (Wildman–Crippen LogP) is -6.11. The molecule has 0 aromatic carbocycles. The molecule has 0 saturated carbocycles. The van der Waals surface area contributed by atoms with E-state index in [0.717, 1.165) is 6.08 Å². The molecule has 0 radical (unpaired) electrons. The van der Waals surface area contributed by atoms with Crippen LogP contribution in [0.5, 0.6) is 0 Å². The van der Waals surface area contributed by atoms with Crippen molar-refractivity contribution in [1.82, 2.24) is 4.72 Å². The van der Waals surface area contributed by atoms with Gasteiger partial charge in [0.25, 0.3) is 5.91 Å². The van der Waals surface area contributed by atoms with Gasteiger partial charge >= 0.3 is 10.3 Å². The molecule has 33 heavy (non-hydrogen) atoms. The van der Waals surface area contributed by atoms with Crippen molar-refractivity contribution in [1.29, 1.82) is 0 Å². The van der Waals surface area contributed by atoms with E-state index >= 15 is 0 Å². The Morgan fingerprint density at radius 2 is 1.61 bits per heavy atom. The minimum atomic E-state index is -3.85. The van der Waals surface area contributed by atoms with Crippen molar-refractivity contribution in [3.63, 3.8) is 0 Å². The number of rotatable bonds is 5. The molecule has 17 heteroatoms. The third-order valence-electron chi connectivity index (χ3n) is 4.87. The highest BCUT2D eigenvalue weighted by molar-refractivity contribution is 7.85. The maximum absolute atomic E-state index is 10.5. The summed E-state index contributed by atoms with van der Waals surface area (Å²) in [6, 6.07) is 0. The van der Waals surface area contributed by atoms with Gasteiger partial charge in [-0.05, 0) is 6.92 Å². The number of aliphatic hydroxyl groups is 8. The van der Waals surface area contributed by atoms with Gasteiger partial charge in [-0.2, -0.15) is 8.42 Å². The van der Waals surface area contributed by atoms with Crippen LogP contribution < -0.4 is 4.72 Å². The molecule has 1 amide bonds. The molecule has 2 saturated heterocycles. The summed E-state index contributed by atoms with van der Waals surface area (Å²) in [5.41, 5.74) is 0. The van der Waals surface area contributed by atoms with Gasteiger partial charge in [-0.15, -0.1) is 0 Å². The molecule has 9 N–H and O–H groups in total. The SMILES string of the molecule is CC1=CC(=O)NS(=O)(=O)O1.OC[C@H]1O[C@@](CO)(O[C@H]2O[C@H](CO)[C@@H](O)[C@H](O)[C@H]2O)[C@@H](O)[C@@H]1O. The molecule has 9 atom stereocenters. The first-order valence-corrected chi connectivity index (χ1v) is 10.9. The van der Waals surface area contributed by atoms with E-state index in [9.17, 15) is 43.9 Å². The predicted molar refractivity (Wildman–Crippen MR) is 101 cm³/mol. The first-order chi connectivity index (χ1) is 15.3. The van der Waals surface area contributed by atoms with Gasteiger partial charge < -0.3 is 59.2 Å². The van der Waals surface area contributed by atoms with Gasteiger partial charge in [0.05, 0.1) is 13.2 Å². The standard InChI is InChI=1S/C12H22O11.C4H5NO4S/c13-1-4-6(16)8(18)9(19)11(21-4)23-12(3-15)10(20)7(17)5(2-14)22-12;1-3-2-4(6)5-10(7,8)9-3/h4-11,13-20H,1-3H2;2H,1H3,(H,5,6)/t4-,5-,6-,7-,8+,9-,10+,11-,12+;/m1./s1. The molecule has 2 fully saturated rings. The molecule has 3 heterocycles. The molecular formula is C16H27NO15S. The van der Waals surface area contributed by atoms with Gasteiger partial charge in [-0.25, -0.2) is 4.72 Å². The summed E-state index contributed by atoms with van der Waals surface area (Å²) in [6.45, 7) is -0.937. The van der Waals surface area contributed by atoms with Crippen molar-refractivity contribution >= 4 is 16.2 Å². The molecule has 3 rings (SSSR count). The van der Waals surface area contributed by atoms with Crippen LogP contribution in [-0.2, 0) is 33.5 Å². The van der Waals surface area contributed by atoms with Crippen LogP contribution in [0.25, 0.3) is 0 Å². The largest absolute Gasteiger partial charge is 0.409 e. The van der Waals surface area contributed by atoms with Gasteiger partial charge in [-0.1, -0.05) is 0 Å². The van der Waals surface area contributed by atoms with E-state index in [-0.39, 0.29) is 5.76 Å². The van der Waals surface area contributed by atoms with Crippen LogP contribution in [0.2, 0.25) is 0 Å². The van der Waals surface area contributed by atoms with Gasteiger partial charge in [0, 0.05) is 6.08 Å². The monoisotopic (exact) mass is 505 g/mol. The second-order valence-corrected chi connectivity index (χ2v) is 8.60. The van der Waals surface area contributed by atoms with E-state index in [4.69, 9.17) is 24.4 Å². The lowest BCUT2D eigenvalue weighted by Gasteiger charge is -2.43. The van der Waals surface area contributed by atoms with Crippen molar-refractivity contribution in [2.45, 2.75) is 61.7 Å². The minimum Gasteiger partial charge on any atom is -0.394 e. The van der Waals surface area contributed by atoms with Gasteiger partial charge in [0.2, 0.25) is 5.79 Å². The van der Waals surface area contributed by atoms with Gasteiger partial charge in [0.15, 0.2) is 6.29 Å². The molecule has 0 bridgehead atoms. The molecule has 192 valence electrons. The molecule has 3 aliphatic rings. The highest BCUT2D eigenvalue weighted by Crippen LogP contribution is 2.35. The smallest absolute Gasteiger partial charge is 0.394 e. The van der Waals surface area contributed by atoms with Crippen LogP contribution in [0, 0.1) is 0 Å². The molecule has 3 aliphatic heterocycles. The van der Waals surface area contributed by atoms with E-state index < -0.39 is 90.8 Å². The van der Waals surface area contributed by atoms with Crippen molar-refractivity contribution in [2.24, 2.45) is 0 Å². The Bertz CT molecular complexity index is 819. The molecule has 0 aromatic rings. The number of allylic oxidation sites excluding steroid dienone is 1. The number of carbonyl (C=O) groups excluding carboxylic acids is 1. The quantitative estimate of drug-likeness (QED) is 0.168. The summed E-state index contributed by atoms with van der Waals surface area (Å²) in [4.78, 5) is 10.4. The number of amides is 1. The summed E-state index contributed by atoms with van der Waals surface area (Å²) in [5, 5.41) is 76.7. The summed E-state index contributed by atoms with van der Waals surface area (Å²) >= 11 is 0. The average molecular weight is 505 g/mol. The number of hydrogen-bond donors (Lipinski definition) is 9. The van der Waals surface area contributed by atoms with E-state index in [1.165, 1.54) is 6.92 Å². The van der Waals surface area contributed by atoms with Crippen LogP contribution in [0.4, 0.5) is 0 Å². The Morgan fingerprint density at radius 3 is 2.06 bits per heavy atom. The Labute approximate surface area is 187 Å². The maximum atomic E-state index is 10.5. The lowest BCUT2D eigenvalue weighted by Crippen LogP contribution is -2.62. The lowest BCUT2D eigenvalue weighted by atomic mass is 9.99. The Balaban J connectivity index is 0.000000321. The Hall–Kier alpha value is -1.48. The van der Waals surface area contributed by atoms with Crippen molar-refractivity contribution in [2.75, 3.05) is 19.8 Å². The zero-order chi connectivity index (χ0) is 25.1. The topological polar surface area (TPSA) is 262 Å². The number of hydrogen-bond acceptors (Lipinski definition) is 15. The van der Waals surface area contributed by atoms with Crippen LogP contribution in [0.15, 0.2) is 11.8 Å². The zero-order valence-corrected chi connectivity index (χ0v) is 18.0. The van der Waals surface area contributed by atoms with Crippen LogP contribution >= 0.6 is 0 Å². The van der Waals surface area contributed by atoms with Gasteiger partial charge in [-0.3, -0.25) is 4.79 Å². The van der Waals surface area contributed by atoms with Gasteiger partial charge in [0.1, 0.15) is 55.1 Å². The summed E-state index contributed by atoms with van der Waals surface area (Å²) in [5.74, 6) is -2.83. The van der Waals surface area contributed by atoms with Crippen LogP contribution in [0.1, 0.15) is 6.92 Å². The molecule has 16 nitrogen and oxygen atoms in total. The fourth-order valence-corrected chi connectivity index (χ4v) is 3.93. The summed E-state index contributed by atoms with van der Waals surface area (Å²) < 4.78 is 42.3. The maximum Gasteiger partial charge on any atom is 0.409 e. The van der Waals surface area contributed by atoms with Crippen LogP contribution in [-0.4, -0.2) is 130 Å². The molecule has 0 aromatic heterocycles. The molecule has 0 spiro atoms. The highest BCUT2D eigenvalue weighted by Gasteiger charge is 2.58.